The molecule has 0 aromatic heterocycles. The van der Waals surface area contributed by atoms with Crippen molar-refractivity contribution in [3.63, 3.8) is 0 Å². The lowest BCUT2D eigenvalue weighted by molar-refractivity contribution is 1.13. The highest BCUT2D eigenvalue weighted by Gasteiger charge is 2.25. The average Bonchev–Trinajstić information content (AvgIpc) is 2.87. The Hall–Kier alpha value is -0.690. The van der Waals surface area contributed by atoms with E-state index in [0.717, 1.165) is 11.6 Å². The molecular weight excluding hydrogens is 158 g/mol. The molecule has 1 aliphatic rings. The lowest BCUT2D eigenvalue weighted by Gasteiger charge is -2.04. The number of anilines is 1. The fraction of sp³-hybridized carbons (Fsp3) is 0.333. The van der Waals surface area contributed by atoms with E-state index < -0.39 is 0 Å². The van der Waals surface area contributed by atoms with Gasteiger partial charge in [-0.2, -0.15) is 0 Å². The van der Waals surface area contributed by atoms with Crippen LogP contribution in [0, 0.1) is 0 Å². The van der Waals surface area contributed by atoms with E-state index in [-0.39, 0.29) is 0 Å². The van der Waals surface area contributed by atoms with E-state index in [1.54, 1.807) is 0 Å². The van der Waals surface area contributed by atoms with Crippen molar-refractivity contribution in [2.45, 2.75) is 18.8 Å². The van der Waals surface area contributed by atoms with Gasteiger partial charge < -0.3 is 0 Å². The van der Waals surface area contributed by atoms with Crippen LogP contribution in [0.2, 0.25) is 0 Å². The molecule has 1 aromatic rings. The Labute approximate surface area is 71.5 Å². The average molecular weight is 168 g/mol. The van der Waals surface area contributed by atoms with Gasteiger partial charge in [-0.05, 0) is 30.4 Å². The van der Waals surface area contributed by atoms with Crippen LogP contribution < -0.4 is 4.84 Å². The van der Waals surface area contributed by atoms with Crippen LogP contribution in [0.1, 0.15) is 24.3 Å². The van der Waals surface area contributed by atoms with Crippen LogP contribution >= 0.6 is 11.8 Å². The van der Waals surface area contributed by atoms with Gasteiger partial charge in [0, 0.05) is 11.8 Å². The van der Waals surface area contributed by atoms with E-state index in [1.807, 2.05) is 12.1 Å². The van der Waals surface area contributed by atoms with Gasteiger partial charge in [0.2, 0.25) is 0 Å². The number of hydrogen-bond donors (Lipinski definition) is 1. The summed E-state index contributed by atoms with van der Waals surface area (Å²) in [6, 6.07) is 8.21. The molecule has 1 saturated carbocycles. The Morgan fingerprint density at radius 3 is 2.64 bits per heavy atom. The Bertz CT molecular complexity index is 255. The van der Waals surface area contributed by atoms with Gasteiger partial charge in [0.1, 0.15) is 0 Å². The fourth-order valence-electron chi connectivity index (χ4n) is 1.33. The van der Waals surface area contributed by atoms with Crippen molar-refractivity contribution in [3.8, 4) is 0 Å². The van der Waals surface area contributed by atoms with E-state index in [9.17, 15) is 0 Å². The predicted molar refractivity (Wildman–Crippen MR) is 47.9 cm³/mol. The molecule has 1 nitrogen and oxygen atoms in total. The molecule has 0 bridgehead atoms. The van der Waals surface area contributed by atoms with Crippen LogP contribution in [0.4, 0.5) is 5.69 Å². The smallest absolute Gasteiger partial charge is 0.0526 e. The van der Waals surface area contributed by atoms with Crippen LogP contribution in [0.3, 0.4) is 0 Å². The van der Waals surface area contributed by atoms with Crippen LogP contribution in [-0.4, -0.2) is 0 Å². The van der Waals surface area contributed by atoms with Crippen molar-refractivity contribution in [3.05, 3.63) is 29.8 Å². The molecule has 1 N–H and O–H groups in total. The quantitative estimate of drug-likeness (QED) is 0.668. The Morgan fingerprint density at radius 1 is 1.27 bits per heavy atom. The third-order valence-electron chi connectivity index (χ3n) is 2.08. The van der Waals surface area contributed by atoms with Crippen LogP contribution in [0.5, 0.6) is 0 Å². The third kappa shape index (κ3) is 1.33. The molecule has 11 heavy (non-hydrogen) atoms. The predicted octanol–water partition coefficient (Wildman–Crippen LogP) is 3.13. The number of halogens is 1. The second-order valence-electron chi connectivity index (χ2n) is 2.96. The molecule has 2 heteroatoms. The van der Waals surface area contributed by atoms with E-state index in [2.05, 4.69) is 17.0 Å². The molecule has 1 fully saturated rings. The highest BCUT2D eigenvalue weighted by molar-refractivity contribution is 6.24. The van der Waals surface area contributed by atoms with Crippen LogP contribution in [-0.2, 0) is 0 Å². The first-order chi connectivity index (χ1) is 5.42. The van der Waals surface area contributed by atoms with Gasteiger partial charge in [-0.1, -0.05) is 18.2 Å². The molecule has 0 amide bonds. The first-order valence-electron chi connectivity index (χ1n) is 3.87. The molecule has 58 valence electrons. The van der Waals surface area contributed by atoms with Crippen molar-refractivity contribution < 1.29 is 0 Å². The highest BCUT2D eigenvalue weighted by Crippen LogP contribution is 2.43. The zero-order valence-electron chi connectivity index (χ0n) is 6.18. The largest absolute Gasteiger partial charge is 0.298 e. The molecule has 0 atom stereocenters. The molecule has 0 spiro atoms. The number of benzene rings is 1. The molecule has 0 unspecified atom stereocenters. The topological polar surface area (TPSA) is 12.0 Å². The van der Waals surface area contributed by atoms with Gasteiger partial charge in [0.05, 0.1) is 5.69 Å². The SMILES string of the molecule is ClNc1ccccc1C1CC1. The number of hydrogen-bond acceptors (Lipinski definition) is 1. The lowest BCUT2D eigenvalue weighted by atomic mass is 10.1. The first-order valence-corrected chi connectivity index (χ1v) is 4.25. The van der Waals surface area contributed by atoms with Crippen LogP contribution in [0.15, 0.2) is 24.3 Å². The van der Waals surface area contributed by atoms with Gasteiger partial charge in [0.25, 0.3) is 0 Å². The molecule has 0 heterocycles. The van der Waals surface area contributed by atoms with Crippen molar-refractivity contribution >= 4 is 17.5 Å². The summed E-state index contributed by atoms with van der Waals surface area (Å²) in [5, 5.41) is 0. The maximum absolute atomic E-state index is 5.55. The van der Waals surface area contributed by atoms with Crippen LogP contribution in [0.25, 0.3) is 0 Å². The summed E-state index contributed by atoms with van der Waals surface area (Å²) >= 11 is 5.55. The minimum absolute atomic E-state index is 0.762. The molecule has 0 saturated heterocycles. The van der Waals surface area contributed by atoms with E-state index in [0.29, 0.717) is 0 Å². The standard InChI is InChI=1S/C9H10ClN/c10-11-9-4-2-1-3-8(9)7-5-6-7/h1-4,7,11H,5-6H2. The maximum Gasteiger partial charge on any atom is 0.0526 e. The molecule has 1 aliphatic carbocycles. The summed E-state index contributed by atoms with van der Waals surface area (Å²) in [6.45, 7) is 0. The van der Waals surface area contributed by atoms with E-state index >= 15 is 0 Å². The second-order valence-corrected chi connectivity index (χ2v) is 3.14. The lowest BCUT2D eigenvalue weighted by Crippen LogP contribution is -1.87. The minimum atomic E-state index is 0.762. The third-order valence-corrected chi connectivity index (χ3v) is 2.28. The van der Waals surface area contributed by atoms with Crippen molar-refractivity contribution in [1.82, 2.24) is 0 Å². The van der Waals surface area contributed by atoms with Gasteiger partial charge in [-0.15, -0.1) is 0 Å². The molecule has 0 aliphatic heterocycles. The summed E-state index contributed by atoms with van der Waals surface area (Å²) in [4.78, 5) is 2.69. The zero-order valence-corrected chi connectivity index (χ0v) is 6.93. The molecule has 1 aromatic carbocycles. The van der Waals surface area contributed by atoms with Gasteiger partial charge >= 0.3 is 0 Å². The van der Waals surface area contributed by atoms with Gasteiger partial charge in [0.15, 0.2) is 0 Å². The normalized spacial score (nSPS) is 16.5. The number of nitrogens with one attached hydrogen (secondary N) is 1. The summed E-state index contributed by atoms with van der Waals surface area (Å²) in [7, 11) is 0. The van der Waals surface area contributed by atoms with Gasteiger partial charge in [-0.3, -0.25) is 4.84 Å². The summed E-state index contributed by atoms with van der Waals surface area (Å²) in [5.74, 6) is 0.762. The Morgan fingerprint density at radius 2 is 2.00 bits per heavy atom. The minimum Gasteiger partial charge on any atom is -0.298 e. The summed E-state index contributed by atoms with van der Waals surface area (Å²) in [5.41, 5.74) is 2.43. The van der Waals surface area contributed by atoms with E-state index in [4.69, 9.17) is 11.8 Å². The Kier molecular flexibility index (Phi) is 1.74. The zero-order chi connectivity index (χ0) is 7.68. The van der Waals surface area contributed by atoms with Crippen molar-refractivity contribution in [2.75, 3.05) is 4.84 Å². The monoisotopic (exact) mass is 167 g/mol. The number of rotatable bonds is 2. The van der Waals surface area contributed by atoms with Crippen molar-refractivity contribution in [2.24, 2.45) is 0 Å². The highest BCUT2D eigenvalue weighted by atomic mass is 35.5. The maximum atomic E-state index is 5.55. The second kappa shape index (κ2) is 2.74. The molecule has 0 radical (unpaired) electrons. The Balaban J connectivity index is 2.34. The fourth-order valence-corrected chi connectivity index (χ4v) is 1.51. The van der Waals surface area contributed by atoms with E-state index in [1.165, 1.54) is 18.4 Å². The summed E-state index contributed by atoms with van der Waals surface area (Å²) < 4.78 is 0. The molecule has 2 rings (SSSR count). The van der Waals surface area contributed by atoms with Gasteiger partial charge in [-0.25, -0.2) is 0 Å². The van der Waals surface area contributed by atoms with Crippen molar-refractivity contribution in [1.29, 1.82) is 0 Å². The number of para-hydroxylation sites is 1. The first kappa shape index (κ1) is 6.99. The molecular formula is C9H10ClN. The summed E-state index contributed by atoms with van der Waals surface area (Å²) in [6.07, 6.45) is 2.63.